The minimum Gasteiger partial charge on any atom is -0.493 e. The number of aromatic nitrogens is 3. The van der Waals surface area contributed by atoms with Crippen molar-refractivity contribution in [3.8, 4) is 5.75 Å². The van der Waals surface area contributed by atoms with Crippen LogP contribution in [0.3, 0.4) is 0 Å². The highest BCUT2D eigenvalue weighted by molar-refractivity contribution is 5.76. The second-order valence-corrected chi connectivity index (χ2v) is 6.76. The van der Waals surface area contributed by atoms with Gasteiger partial charge < -0.3 is 14.7 Å². The Balaban J connectivity index is 1.48. The highest BCUT2D eigenvalue weighted by Crippen LogP contribution is 2.24. The first-order chi connectivity index (χ1) is 12.0. The molecule has 0 bridgehead atoms. The lowest BCUT2D eigenvalue weighted by Crippen LogP contribution is -2.39. The van der Waals surface area contributed by atoms with E-state index in [-0.39, 0.29) is 5.91 Å². The Morgan fingerprint density at radius 2 is 2.24 bits per heavy atom. The van der Waals surface area contributed by atoms with Crippen LogP contribution < -0.4 is 4.74 Å². The number of ether oxygens (including phenoxy) is 1. The smallest absolute Gasteiger partial charge is 0.226 e. The maximum Gasteiger partial charge on any atom is 0.226 e. The molecule has 3 rings (SSSR count). The van der Waals surface area contributed by atoms with Gasteiger partial charge in [-0.15, -0.1) is 5.10 Å². The van der Waals surface area contributed by atoms with E-state index in [1.54, 1.807) is 22.0 Å². The molecule has 2 aromatic rings. The lowest BCUT2D eigenvalue weighted by molar-refractivity contribution is -0.131. The number of rotatable bonds is 6. The van der Waals surface area contributed by atoms with Crippen molar-refractivity contribution in [2.45, 2.75) is 38.8 Å². The number of benzene rings is 1. The Kier molecular flexibility index (Phi) is 5.03. The Labute approximate surface area is 147 Å². The van der Waals surface area contributed by atoms with Gasteiger partial charge in [0.05, 0.1) is 32.3 Å². The van der Waals surface area contributed by atoms with E-state index in [1.807, 2.05) is 32.0 Å². The summed E-state index contributed by atoms with van der Waals surface area (Å²) in [6.07, 6.45) is 4.12. The number of likely N-dealkylation sites (tertiary alicyclic amines) is 1. The highest BCUT2D eigenvalue weighted by atomic mass is 16.5. The van der Waals surface area contributed by atoms with Gasteiger partial charge in [-0.2, -0.15) is 0 Å². The number of hydrogen-bond donors (Lipinski definition) is 1. The topological polar surface area (TPSA) is 80.5 Å². The average molecular weight is 344 g/mol. The van der Waals surface area contributed by atoms with Crippen LogP contribution in [0.1, 0.15) is 24.0 Å². The number of carbonyl (C=O) groups is 1. The zero-order valence-electron chi connectivity index (χ0n) is 14.7. The molecule has 7 heteroatoms. The number of nitrogens with zero attached hydrogens (tertiary/aromatic N) is 4. The Morgan fingerprint density at radius 1 is 1.40 bits per heavy atom. The van der Waals surface area contributed by atoms with Crippen molar-refractivity contribution in [1.29, 1.82) is 0 Å². The molecule has 0 aliphatic carbocycles. The molecule has 1 amide bonds. The maximum atomic E-state index is 12.4. The first kappa shape index (κ1) is 17.4. The number of β-amino-alcohol motifs (C(OH)–C–C–N with tert-alkyl or cyclic N) is 1. The Bertz CT molecular complexity index is 732. The van der Waals surface area contributed by atoms with Crippen molar-refractivity contribution >= 4 is 5.91 Å². The van der Waals surface area contributed by atoms with E-state index < -0.39 is 5.60 Å². The first-order valence-corrected chi connectivity index (χ1v) is 8.49. The summed E-state index contributed by atoms with van der Waals surface area (Å²) in [5.41, 5.74) is 1.24. The lowest BCUT2D eigenvalue weighted by Gasteiger charge is -2.23. The fraction of sp³-hybridized carbons (Fsp3) is 0.500. The van der Waals surface area contributed by atoms with E-state index in [0.717, 1.165) is 16.9 Å². The van der Waals surface area contributed by atoms with Gasteiger partial charge in [0.15, 0.2) is 0 Å². The third kappa shape index (κ3) is 4.36. The third-order valence-corrected chi connectivity index (χ3v) is 4.53. The van der Waals surface area contributed by atoms with E-state index in [1.165, 1.54) is 0 Å². The van der Waals surface area contributed by atoms with E-state index in [0.29, 0.717) is 39.1 Å². The molecule has 2 heterocycles. The van der Waals surface area contributed by atoms with Crippen molar-refractivity contribution in [3.63, 3.8) is 0 Å². The number of amides is 1. The van der Waals surface area contributed by atoms with Crippen molar-refractivity contribution in [2.24, 2.45) is 0 Å². The monoisotopic (exact) mass is 344 g/mol. The van der Waals surface area contributed by atoms with E-state index in [4.69, 9.17) is 4.74 Å². The van der Waals surface area contributed by atoms with Gasteiger partial charge in [0.25, 0.3) is 0 Å². The quantitative estimate of drug-likeness (QED) is 0.855. The van der Waals surface area contributed by atoms with Gasteiger partial charge in [-0.1, -0.05) is 17.3 Å². The summed E-state index contributed by atoms with van der Waals surface area (Å²) in [4.78, 5) is 14.1. The summed E-state index contributed by atoms with van der Waals surface area (Å²) in [7, 11) is 0. The number of carbonyl (C=O) groups excluding carboxylic acids is 1. The zero-order chi connectivity index (χ0) is 17.9. The molecule has 25 heavy (non-hydrogen) atoms. The van der Waals surface area contributed by atoms with Gasteiger partial charge >= 0.3 is 0 Å². The minimum atomic E-state index is -0.947. The highest BCUT2D eigenvalue weighted by Gasteiger charge is 2.38. The molecule has 0 saturated carbocycles. The molecule has 1 aromatic heterocycles. The summed E-state index contributed by atoms with van der Waals surface area (Å²) in [5, 5.41) is 18.3. The standard InChI is InChI=1S/C18H24N4O3/c1-14-3-4-15(2)16(11-14)25-10-5-17(23)21-8-6-18(24,12-21)13-22-9-7-19-20-22/h3-4,7,9,11,24H,5-6,8,10,12-13H2,1-2H3. The maximum absolute atomic E-state index is 12.4. The van der Waals surface area contributed by atoms with Gasteiger partial charge in [0, 0.05) is 12.7 Å². The summed E-state index contributed by atoms with van der Waals surface area (Å²) in [5.74, 6) is 0.816. The van der Waals surface area contributed by atoms with E-state index in [9.17, 15) is 9.90 Å². The van der Waals surface area contributed by atoms with Crippen molar-refractivity contribution in [1.82, 2.24) is 19.9 Å². The molecule has 0 radical (unpaired) electrons. The normalized spacial score (nSPS) is 20.0. The molecular formula is C18H24N4O3. The summed E-state index contributed by atoms with van der Waals surface area (Å²) in [6, 6.07) is 6.03. The largest absolute Gasteiger partial charge is 0.493 e. The summed E-state index contributed by atoms with van der Waals surface area (Å²) in [6.45, 7) is 5.54. The van der Waals surface area contributed by atoms with Gasteiger partial charge in [-0.3, -0.25) is 4.79 Å². The van der Waals surface area contributed by atoms with Crippen LogP contribution in [0.2, 0.25) is 0 Å². The van der Waals surface area contributed by atoms with E-state index in [2.05, 4.69) is 10.3 Å². The Hall–Kier alpha value is -2.41. The fourth-order valence-corrected chi connectivity index (χ4v) is 3.09. The summed E-state index contributed by atoms with van der Waals surface area (Å²) < 4.78 is 7.35. The SMILES string of the molecule is Cc1ccc(C)c(OCCC(=O)N2CCC(O)(Cn3ccnn3)C2)c1. The number of hydrogen-bond acceptors (Lipinski definition) is 5. The van der Waals surface area contributed by atoms with Gasteiger partial charge in [-0.25, -0.2) is 4.68 Å². The molecular weight excluding hydrogens is 320 g/mol. The second-order valence-electron chi connectivity index (χ2n) is 6.76. The molecule has 1 unspecified atom stereocenters. The predicted molar refractivity (Wildman–Crippen MR) is 92.2 cm³/mol. The molecule has 7 nitrogen and oxygen atoms in total. The molecule has 134 valence electrons. The van der Waals surface area contributed by atoms with E-state index >= 15 is 0 Å². The van der Waals surface area contributed by atoms with Crippen LogP contribution >= 0.6 is 0 Å². The predicted octanol–water partition coefficient (Wildman–Crippen LogP) is 1.33. The van der Waals surface area contributed by atoms with Crippen molar-refractivity contribution in [2.75, 3.05) is 19.7 Å². The Morgan fingerprint density at radius 3 is 3.00 bits per heavy atom. The molecule has 1 aliphatic heterocycles. The van der Waals surface area contributed by atoms with Gasteiger partial charge in [0.1, 0.15) is 11.4 Å². The zero-order valence-corrected chi connectivity index (χ0v) is 14.7. The molecule has 1 N–H and O–H groups in total. The first-order valence-electron chi connectivity index (χ1n) is 8.49. The fourth-order valence-electron chi connectivity index (χ4n) is 3.09. The van der Waals surface area contributed by atoms with Crippen LogP contribution in [0, 0.1) is 13.8 Å². The number of aryl methyl sites for hydroxylation is 2. The van der Waals surface area contributed by atoms with Gasteiger partial charge in [0.2, 0.25) is 5.91 Å². The van der Waals surface area contributed by atoms with Crippen LogP contribution in [0.4, 0.5) is 0 Å². The van der Waals surface area contributed by atoms with Gasteiger partial charge in [-0.05, 0) is 37.5 Å². The van der Waals surface area contributed by atoms with Crippen LogP contribution in [0.25, 0.3) is 0 Å². The number of aliphatic hydroxyl groups is 1. The minimum absolute atomic E-state index is 0.000165. The average Bonchev–Trinajstić information content (AvgIpc) is 3.21. The lowest BCUT2D eigenvalue weighted by atomic mass is 10.0. The van der Waals surface area contributed by atoms with Crippen molar-refractivity contribution in [3.05, 3.63) is 41.7 Å². The van der Waals surface area contributed by atoms with Crippen LogP contribution in [0.5, 0.6) is 5.75 Å². The summed E-state index contributed by atoms with van der Waals surface area (Å²) >= 11 is 0. The molecule has 1 aromatic carbocycles. The molecule has 0 spiro atoms. The molecule has 1 saturated heterocycles. The van der Waals surface area contributed by atoms with Crippen LogP contribution in [-0.2, 0) is 11.3 Å². The van der Waals surface area contributed by atoms with Crippen LogP contribution in [0.15, 0.2) is 30.6 Å². The molecule has 1 aliphatic rings. The van der Waals surface area contributed by atoms with Crippen LogP contribution in [-0.4, -0.2) is 56.2 Å². The third-order valence-electron chi connectivity index (χ3n) is 4.53. The van der Waals surface area contributed by atoms with Crippen molar-refractivity contribution < 1.29 is 14.6 Å². The molecule has 1 fully saturated rings. The second kappa shape index (κ2) is 7.23. The molecule has 1 atom stereocenters.